The minimum Gasteiger partial charge on any atom is -0.378 e. The largest absolute Gasteiger partial charge is 0.378 e. The van der Waals surface area contributed by atoms with Gasteiger partial charge in [0.2, 0.25) is 0 Å². The van der Waals surface area contributed by atoms with Crippen molar-refractivity contribution in [1.82, 2.24) is 5.32 Å². The molecule has 0 bridgehead atoms. The Morgan fingerprint density at radius 2 is 1.58 bits per heavy atom. The van der Waals surface area contributed by atoms with Crippen LogP contribution in [0.5, 0.6) is 0 Å². The van der Waals surface area contributed by atoms with E-state index in [-0.39, 0.29) is 0 Å². The molecule has 0 aromatic rings. The molecule has 0 saturated heterocycles. The van der Waals surface area contributed by atoms with E-state index in [0.717, 1.165) is 24.5 Å². The van der Waals surface area contributed by atoms with Crippen LogP contribution in [0.2, 0.25) is 0 Å². The highest BCUT2D eigenvalue weighted by molar-refractivity contribution is 4.86. The Morgan fingerprint density at radius 3 is 2.25 bits per heavy atom. The molecular weight excluding hydrogens is 294 g/mol. The summed E-state index contributed by atoms with van der Waals surface area (Å²) in [5, 5.41) is 3.83. The Hall–Kier alpha value is -0.0800. The van der Waals surface area contributed by atoms with Crippen molar-refractivity contribution in [1.29, 1.82) is 0 Å². The molecule has 1 aliphatic rings. The molecule has 1 unspecified atom stereocenters. The molecule has 0 radical (unpaired) electrons. The van der Waals surface area contributed by atoms with Gasteiger partial charge in [-0.3, -0.25) is 0 Å². The van der Waals surface area contributed by atoms with Gasteiger partial charge in [0, 0.05) is 12.6 Å². The standard InChI is InChI=1S/C22H45NO/c1-5-7-9-10-14-20(13-8-6-2)18-23-21-16-22(17-21)24-15-11-12-19(3)4/h19-23H,5-18H2,1-4H3/t20?,21-,22-. The summed E-state index contributed by atoms with van der Waals surface area (Å²) < 4.78 is 5.98. The van der Waals surface area contributed by atoms with Gasteiger partial charge in [-0.05, 0) is 56.9 Å². The Morgan fingerprint density at radius 1 is 0.875 bits per heavy atom. The fourth-order valence-corrected chi connectivity index (χ4v) is 3.64. The van der Waals surface area contributed by atoms with Crippen molar-refractivity contribution in [2.45, 2.75) is 117 Å². The molecule has 0 heterocycles. The Kier molecular flexibility index (Phi) is 12.9. The Bertz CT molecular complexity index is 273. The molecule has 24 heavy (non-hydrogen) atoms. The van der Waals surface area contributed by atoms with Gasteiger partial charge in [0.1, 0.15) is 0 Å². The summed E-state index contributed by atoms with van der Waals surface area (Å²) >= 11 is 0. The van der Waals surface area contributed by atoms with Crippen LogP contribution in [-0.2, 0) is 4.74 Å². The smallest absolute Gasteiger partial charge is 0.0604 e. The summed E-state index contributed by atoms with van der Waals surface area (Å²) in [7, 11) is 0. The normalized spacial score (nSPS) is 21.9. The summed E-state index contributed by atoms with van der Waals surface area (Å²) in [5.74, 6) is 1.70. The SMILES string of the molecule is CCCCCCC(CCCC)CN[C@H]1C[C@H](OCCCC(C)C)C1. The van der Waals surface area contributed by atoms with Crippen molar-refractivity contribution in [3.05, 3.63) is 0 Å². The summed E-state index contributed by atoms with van der Waals surface area (Å²) in [5.41, 5.74) is 0. The average molecular weight is 340 g/mol. The van der Waals surface area contributed by atoms with E-state index in [2.05, 4.69) is 33.0 Å². The lowest BCUT2D eigenvalue weighted by Gasteiger charge is -2.37. The van der Waals surface area contributed by atoms with E-state index >= 15 is 0 Å². The highest BCUT2D eigenvalue weighted by Gasteiger charge is 2.29. The minimum atomic E-state index is 0.535. The molecule has 0 aromatic carbocycles. The van der Waals surface area contributed by atoms with Gasteiger partial charge >= 0.3 is 0 Å². The van der Waals surface area contributed by atoms with Crippen LogP contribution in [0, 0.1) is 11.8 Å². The molecular formula is C22H45NO. The van der Waals surface area contributed by atoms with Crippen LogP contribution < -0.4 is 5.32 Å². The highest BCUT2D eigenvalue weighted by atomic mass is 16.5. The first kappa shape index (κ1) is 22.0. The number of unbranched alkanes of at least 4 members (excludes halogenated alkanes) is 4. The van der Waals surface area contributed by atoms with E-state index in [1.165, 1.54) is 83.6 Å². The monoisotopic (exact) mass is 339 g/mol. The maximum Gasteiger partial charge on any atom is 0.0604 e. The molecule has 1 fully saturated rings. The molecule has 2 heteroatoms. The molecule has 0 aromatic heterocycles. The van der Waals surface area contributed by atoms with E-state index in [4.69, 9.17) is 4.74 Å². The van der Waals surface area contributed by atoms with Crippen LogP contribution in [0.4, 0.5) is 0 Å². The summed E-state index contributed by atoms with van der Waals surface area (Å²) in [6, 6.07) is 0.722. The van der Waals surface area contributed by atoms with Gasteiger partial charge in [-0.2, -0.15) is 0 Å². The topological polar surface area (TPSA) is 21.3 Å². The molecule has 0 amide bonds. The second kappa shape index (κ2) is 14.1. The summed E-state index contributed by atoms with van der Waals surface area (Å²) in [4.78, 5) is 0. The summed E-state index contributed by atoms with van der Waals surface area (Å²) in [6.45, 7) is 11.4. The Balaban J connectivity index is 2.05. The first-order chi connectivity index (χ1) is 11.7. The van der Waals surface area contributed by atoms with Crippen molar-refractivity contribution in [2.24, 2.45) is 11.8 Å². The van der Waals surface area contributed by atoms with Gasteiger partial charge in [-0.25, -0.2) is 0 Å². The number of hydrogen-bond donors (Lipinski definition) is 1. The lowest BCUT2D eigenvalue weighted by Crippen LogP contribution is -2.47. The van der Waals surface area contributed by atoms with Gasteiger partial charge in [-0.1, -0.05) is 66.2 Å². The number of rotatable bonds is 16. The van der Waals surface area contributed by atoms with E-state index in [1.54, 1.807) is 0 Å². The van der Waals surface area contributed by atoms with Crippen LogP contribution in [0.25, 0.3) is 0 Å². The first-order valence-corrected chi connectivity index (χ1v) is 11.0. The number of nitrogens with one attached hydrogen (secondary N) is 1. The molecule has 1 rings (SSSR count). The highest BCUT2D eigenvalue weighted by Crippen LogP contribution is 2.25. The zero-order chi connectivity index (χ0) is 17.6. The predicted molar refractivity (Wildman–Crippen MR) is 107 cm³/mol. The number of ether oxygens (including phenoxy) is 1. The fraction of sp³-hybridized carbons (Fsp3) is 1.00. The van der Waals surface area contributed by atoms with Crippen LogP contribution >= 0.6 is 0 Å². The molecule has 2 nitrogen and oxygen atoms in total. The van der Waals surface area contributed by atoms with Gasteiger partial charge in [0.05, 0.1) is 6.10 Å². The van der Waals surface area contributed by atoms with Gasteiger partial charge in [0.15, 0.2) is 0 Å². The van der Waals surface area contributed by atoms with Crippen molar-refractivity contribution in [3.8, 4) is 0 Å². The lowest BCUT2D eigenvalue weighted by atomic mass is 9.88. The van der Waals surface area contributed by atoms with Crippen LogP contribution in [0.3, 0.4) is 0 Å². The fourth-order valence-electron chi connectivity index (χ4n) is 3.64. The molecule has 1 atom stereocenters. The van der Waals surface area contributed by atoms with Crippen LogP contribution in [-0.4, -0.2) is 25.3 Å². The van der Waals surface area contributed by atoms with Crippen molar-refractivity contribution < 1.29 is 4.74 Å². The van der Waals surface area contributed by atoms with E-state index < -0.39 is 0 Å². The molecule has 1 saturated carbocycles. The van der Waals surface area contributed by atoms with Crippen LogP contribution in [0.1, 0.15) is 105 Å². The summed E-state index contributed by atoms with van der Waals surface area (Å²) in [6.07, 6.45) is 16.7. The van der Waals surface area contributed by atoms with Crippen molar-refractivity contribution in [2.75, 3.05) is 13.2 Å². The molecule has 1 N–H and O–H groups in total. The van der Waals surface area contributed by atoms with Crippen LogP contribution in [0.15, 0.2) is 0 Å². The quantitative estimate of drug-likeness (QED) is 0.331. The minimum absolute atomic E-state index is 0.535. The first-order valence-electron chi connectivity index (χ1n) is 11.0. The maximum absolute atomic E-state index is 5.98. The van der Waals surface area contributed by atoms with Crippen molar-refractivity contribution in [3.63, 3.8) is 0 Å². The second-order valence-corrected chi connectivity index (χ2v) is 8.46. The third-order valence-corrected chi connectivity index (χ3v) is 5.50. The molecule has 0 aliphatic heterocycles. The van der Waals surface area contributed by atoms with Gasteiger partial charge < -0.3 is 10.1 Å². The second-order valence-electron chi connectivity index (χ2n) is 8.46. The zero-order valence-electron chi connectivity index (χ0n) is 17.1. The number of hydrogen-bond acceptors (Lipinski definition) is 2. The van der Waals surface area contributed by atoms with Gasteiger partial charge in [0.25, 0.3) is 0 Å². The lowest BCUT2D eigenvalue weighted by molar-refractivity contribution is -0.0193. The molecule has 1 aliphatic carbocycles. The van der Waals surface area contributed by atoms with Crippen molar-refractivity contribution >= 4 is 0 Å². The average Bonchev–Trinajstić information content (AvgIpc) is 2.52. The third kappa shape index (κ3) is 10.7. The molecule has 144 valence electrons. The Labute approximate surface area is 152 Å². The zero-order valence-corrected chi connectivity index (χ0v) is 17.1. The van der Waals surface area contributed by atoms with E-state index in [0.29, 0.717) is 6.10 Å². The van der Waals surface area contributed by atoms with E-state index in [1.807, 2.05) is 0 Å². The van der Waals surface area contributed by atoms with Gasteiger partial charge in [-0.15, -0.1) is 0 Å². The van der Waals surface area contributed by atoms with E-state index in [9.17, 15) is 0 Å². The third-order valence-electron chi connectivity index (χ3n) is 5.50. The predicted octanol–water partition coefficient (Wildman–Crippen LogP) is 6.34. The molecule has 0 spiro atoms. The maximum atomic E-state index is 5.98.